The maximum Gasteiger partial charge on any atom is 0.454 e. The molecular weight excluding hydrogens is 436 g/mol. The fourth-order valence-electron chi connectivity index (χ4n) is 3.65. The molecule has 0 bridgehead atoms. The molecule has 3 aromatic carbocycles. The topological polar surface area (TPSA) is 49.3 Å². The first kappa shape index (κ1) is 20.5. The van der Waals surface area contributed by atoms with Crippen molar-refractivity contribution in [1.29, 1.82) is 0 Å². The van der Waals surface area contributed by atoms with Crippen LogP contribution in [0.5, 0.6) is 0 Å². The van der Waals surface area contributed by atoms with Gasteiger partial charge < -0.3 is 10.4 Å². The summed E-state index contributed by atoms with van der Waals surface area (Å²) < 4.78 is 81.9. The van der Waals surface area contributed by atoms with Crippen molar-refractivity contribution in [1.82, 2.24) is 0 Å². The molecule has 1 unspecified atom stereocenters. The first-order chi connectivity index (χ1) is 13.9. The van der Waals surface area contributed by atoms with Crippen LogP contribution in [0.2, 0.25) is 5.02 Å². The number of nitrogens with one attached hydrogen (secondary N) is 1. The van der Waals surface area contributed by atoms with Crippen molar-refractivity contribution < 1.29 is 36.2 Å². The van der Waals surface area contributed by atoms with Gasteiger partial charge in [0.2, 0.25) is 5.60 Å². The van der Waals surface area contributed by atoms with E-state index in [4.69, 9.17) is 11.6 Å². The Kier molecular flexibility index (Phi) is 4.34. The van der Waals surface area contributed by atoms with Gasteiger partial charge in [-0.05, 0) is 29.7 Å². The molecule has 1 heterocycles. The Bertz CT molecular complexity index is 1200. The molecular formula is C20H10ClF6NO2. The van der Waals surface area contributed by atoms with Gasteiger partial charge in [0, 0.05) is 32.8 Å². The molecule has 3 nitrogen and oxygen atoms in total. The van der Waals surface area contributed by atoms with Gasteiger partial charge >= 0.3 is 12.4 Å². The van der Waals surface area contributed by atoms with Crippen molar-refractivity contribution in [2.24, 2.45) is 0 Å². The molecule has 0 fully saturated rings. The highest BCUT2D eigenvalue weighted by Crippen LogP contribution is 2.55. The average Bonchev–Trinajstić information content (AvgIpc) is 2.66. The van der Waals surface area contributed by atoms with Crippen molar-refractivity contribution in [2.45, 2.75) is 18.0 Å². The van der Waals surface area contributed by atoms with E-state index in [-0.39, 0.29) is 27.2 Å². The van der Waals surface area contributed by atoms with Gasteiger partial charge in [-0.3, -0.25) is 4.79 Å². The van der Waals surface area contributed by atoms with Crippen LogP contribution in [-0.2, 0) is 5.60 Å². The number of fused-ring (bicyclic) bond motifs is 4. The van der Waals surface area contributed by atoms with E-state index in [1.54, 1.807) is 0 Å². The number of anilines is 2. The van der Waals surface area contributed by atoms with E-state index in [1.807, 2.05) is 0 Å². The second kappa shape index (κ2) is 6.36. The van der Waals surface area contributed by atoms with E-state index >= 15 is 0 Å². The van der Waals surface area contributed by atoms with Crippen molar-refractivity contribution >= 4 is 39.5 Å². The molecule has 1 atom stereocenters. The Morgan fingerprint density at radius 2 is 1.57 bits per heavy atom. The van der Waals surface area contributed by atoms with Crippen LogP contribution in [0.4, 0.5) is 37.7 Å². The van der Waals surface area contributed by atoms with Crippen molar-refractivity contribution in [3.63, 3.8) is 0 Å². The number of halogens is 7. The average molecular weight is 446 g/mol. The van der Waals surface area contributed by atoms with Crippen molar-refractivity contribution in [3.8, 4) is 0 Å². The lowest BCUT2D eigenvalue weighted by Crippen LogP contribution is -2.46. The van der Waals surface area contributed by atoms with Crippen LogP contribution >= 0.6 is 11.6 Å². The van der Waals surface area contributed by atoms with Gasteiger partial charge in [0.25, 0.3) is 5.78 Å². The Morgan fingerprint density at radius 3 is 2.17 bits per heavy atom. The number of rotatable bonds is 1. The van der Waals surface area contributed by atoms with Crippen LogP contribution in [0.1, 0.15) is 21.5 Å². The number of ketones is 1. The van der Waals surface area contributed by atoms with Gasteiger partial charge in [-0.25, -0.2) is 0 Å². The third-order valence-electron chi connectivity index (χ3n) is 4.98. The molecule has 0 spiro atoms. The summed E-state index contributed by atoms with van der Waals surface area (Å²) in [6, 6.07) is 9.06. The second-order valence-corrected chi connectivity index (χ2v) is 7.18. The van der Waals surface area contributed by atoms with E-state index in [1.165, 1.54) is 36.4 Å². The fraction of sp³-hybridized carbons (Fsp3) is 0.150. The SMILES string of the molecule is O=C(c1cc2c(c3ccccc13)Nc1ccc(Cl)cc1C2(O)C(F)(F)F)C(F)(F)F. The number of carbonyl (C=O) groups is 1. The van der Waals surface area contributed by atoms with Crippen LogP contribution in [0.25, 0.3) is 10.8 Å². The summed E-state index contributed by atoms with van der Waals surface area (Å²) in [5.74, 6) is -2.32. The van der Waals surface area contributed by atoms with Gasteiger partial charge in [0.1, 0.15) is 0 Å². The lowest BCUT2D eigenvalue weighted by atomic mass is 9.78. The van der Waals surface area contributed by atoms with E-state index < -0.39 is 40.4 Å². The van der Waals surface area contributed by atoms with Gasteiger partial charge in [0.15, 0.2) is 0 Å². The summed E-state index contributed by atoms with van der Waals surface area (Å²) in [6.45, 7) is 0. The minimum absolute atomic E-state index is 0.0779. The lowest BCUT2D eigenvalue weighted by molar-refractivity contribution is -0.248. The maximum absolute atomic E-state index is 14.2. The summed E-state index contributed by atoms with van der Waals surface area (Å²) in [5.41, 5.74) is -6.66. The summed E-state index contributed by atoms with van der Waals surface area (Å²) in [4.78, 5) is 12.0. The highest BCUT2D eigenvalue weighted by Gasteiger charge is 2.60. The number of hydrogen-bond acceptors (Lipinski definition) is 3. The van der Waals surface area contributed by atoms with Crippen LogP contribution in [0.3, 0.4) is 0 Å². The molecule has 156 valence electrons. The smallest absolute Gasteiger partial charge is 0.372 e. The summed E-state index contributed by atoms with van der Waals surface area (Å²) in [7, 11) is 0. The van der Waals surface area contributed by atoms with Gasteiger partial charge in [-0.2, -0.15) is 26.3 Å². The number of Topliss-reactive ketones (excluding diaryl/α,β-unsaturated/α-hetero) is 1. The second-order valence-electron chi connectivity index (χ2n) is 6.74. The van der Waals surface area contributed by atoms with Gasteiger partial charge in [0.05, 0.1) is 5.69 Å². The third-order valence-corrected chi connectivity index (χ3v) is 5.21. The number of hydrogen-bond donors (Lipinski definition) is 2. The maximum atomic E-state index is 14.2. The molecule has 10 heteroatoms. The van der Waals surface area contributed by atoms with Gasteiger partial charge in [-0.15, -0.1) is 0 Å². The zero-order valence-corrected chi connectivity index (χ0v) is 15.4. The summed E-state index contributed by atoms with van der Waals surface area (Å²) >= 11 is 5.81. The molecule has 1 aliphatic rings. The number of aliphatic hydroxyl groups is 1. The molecule has 4 rings (SSSR count). The zero-order chi connectivity index (χ0) is 22.1. The highest BCUT2D eigenvalue weighted by atomic mass is 35.5. The van der Waals surface area contributed by atoms with E-state index in [9.17, 15) is 36.2 Å². The van der Waals surface area contributed by atoms with E-state index in [2.05, 4.69) is 5.32 Å². The normalized spacial score (nSPS) is 18.5. The van der Waals surface area contributed by atoms with Crippen LogP contribution in [-0.4, -0.2) is 23.2 Å². The minimum atomic E-state index is -5.33. The van der Waals surface area contributed by atoms with Gasteiger partial charge in [-0.1, -0.05) is 35.9 Å². The largest absolute Gasteiger partial charge is 0.454 e. The minimum Gasteiger partial charge on any atom is -0.372 e. The molecule has 0 aliphatic carbocycles. The Balaban J connectivity index is 2.15. The number of benzene rings is 3. The molecule has 0 radical (unpaired) electrons. The molecule has 0 saturated carbocycles. The molecule has 0 aromatic heterocycles. The quantitative estimate of drug-likeness (QED) is 0.352. The van der Waals surface area contributed by atoms with Crippen molar-refractivity contribution in [3.05, 3.63) is 70.2 Å². The molecule has 3 aromatic rings. The summed E-state index contributed by atoms with van der Waals surface area (Å²) in [5, 5.41) is 13.2. The first-order valence-corrected chi connectivity index (χ1v) is 8.77. The lowest BCUT2D eigenvalue weighted by Gasteiger charge is -2.39. The predicted octanol–water partition coefficient (Wildman–Crippen LogP) is 6.09. The van der Waals surface area contributed by atoms with E-state index in [0.717, 1.165) is 6.07 Å². The fourth-order valence-corrected chi connectivity index (χ4v) is 3.82. The van der Waals surface area contributed by atoms with Crippen LogP contribution < -0.4 is 5.32 Å². The molecule has 1 aliphatic heterocycles. The van der Waals surface area contributed by atoms with E-state index in [0.29, 0.717) is 6.07 Å². The molecule has 2 N–H and O–H groups in total. The Hall–Kier alpha value is -2.78. The number of alkyl halides is 6. The molecule has 0 amide bonds. The standard InChI is InChI=1S/C20H10ClF6NO2/c21-9-5-6-15-13(7-9)18(30,20(25,26)27)14-8-12(17(29)19(22,23)24)10-3-1-2-4-11(10)16(14)28-15/h1-8,28,30H. The Morgan fingerprint density at radius 1 is 0.933 bits per heavy atom. The predicted molar refractivity (Wildman–Crippen MR) is 98.1 cm³/mol. The summed E-state index contributed by atoms with van der Waals surface area (Å²) in [6.07, 6.45) is -10.7. The van der Waals surface area contributed by atoms with Crippen LogP contribution in [0, 0.1) is 0 Å². The van der Waals surface area contributed by atoms with Crippen molar-refractivity contribution in [2.75, 3.05) is 5.32 Å². The molecule has 30 heavy (non-hydrogen) atoms. The monoisotopic (exact) mass is 445 g/mol. The first-order valence-electron chi connectivity index (χ1n) is 8.39. The molecule has 0 saturated heterocycles. The third kappa shape index (κ3) is 2.84. The zero-order valence-electron chi connectivity index (χ0n) is 14.6. The Labute approximate surface area is 169 Å². The van der Waals surface area contributed by atoms with Crippen LogP contribution in [0.15, 0.2) is 48.5 Å². The highest BCUT2D eigenvalue weighted by molar-refractivity contribution is 6.30. The number of carbonyl (C=O) groups excluding carboxylic acids is 1.